The number of aliphatic hydroxyl groups excluding tert-OH is 8. The van der Waals surface area contributed by atoms with Crippen molar-refractivity contribution < 1.29 is 94.1 Å². The molecule has 3 fully saturated rings. The highest BCUT2D eigenvalue weighted by atomic mass is 16.8. The van der Waals surface area contributed by atoms with Crippen molar-refractivity contribution in [1.29, 1.82) is 0 Å². The predicted molar refractivity (Wildman–Crippen MR) is 171 cm³/mol. The molecular weight excluding hydrogens is 716 g/mol. The molecule has 0 aliphatic carbocycles. The molecule has 0 unspecified atom stereocenters. The van der Waals surface area contributed by atoms with Gasteiger partial charge in [-0.3, -0.25) is 4.79 Å². The first-order valence-corrected chi connectivity index (χ1v) is 16.4. The van der Waals surface area contributed by atoms with Crippen LogP contribution in [0.25, 0.3) is 22.3 Å². The number of phenolic OH excluding ortho intramolecular Hbond substituents is 4. The first-order chi connectivity index (χ1) is 25.0. The number of benzene rings is 2. The number of aromatic hydroxyl groups is 4. The van der Waals surface area contributed by atoms with E-state index in [9.17, 15) is 66.1 Å². The third kappa shape index (κ3) is 7.34. The Balaban J connectivity index is 1.40. The molecule has 3 aliphatic rings. The fraction of sp³-hybridized carbons (Fsp3) is 0.545. The lowest BCUT2D eigenvalue weighted by Crippen LogP contribution is -2.65. The molecule has 3 aliphatic heterocycles. The summed E-state index contributed by atoms with van der Waals surface area (Å²) in [5, 5.41) is 125. The highest BCUT2D eigenvalue weighted by Gasteiger charge is 2.52. The molecule has 0 amide bonds. The summed E-state index contributed by atoms with van der Waals surface area (Å²) in [5.41, 5.74) is -1.54. The summed E-state index contributed by atoms with van der Waals surface area (Å²) in [6.07, 6.45) is -25.1. The lowest BCUT2D eigenvalue weighted by Gasteiger charge is -2.46. The fourth-order valence-electron chi connectivity index (χ4n) is 6.25. The van der Waals surface area contributed by atoms with Crippen molar-refractivity contribution in [3.63, 3.8) is 0 Å². The van der Waals surface area contributed by atoms with E-state index in [2.05, 4.69) is 0 Å². The van der Waals surface area contributed by atoms with Crippen LogP contribution in [-0.4, -0.2) is 160 Å². The van der Waals surface area contributed by atoms with E-state index in [1.807, 2.05) is 0 Å². The van der Waals surface area contributed by atoms with Crippen molar-refractivity contribution in [3.05, 3.63) is 40.6 Å². The zero-order valence-electron chi connectivity index (χ0n) is 27.9. The van der Waals surface area contributed by atoms with Crippen LogP contribution in [0.4, 0.5) is 0 Å². The summed E-state index contributed by atoms with van der Waals surface area (Å²) in [5.74, 6) is -3.68. The van der Waals surface area contributed by atoms with Gasteiger partial charge in [-0.05, 0) is 32.0 Å². The average molecular weight is 757 g/mol. The van der Waals surface area contributed by atoms with E-state index < -0.39 is 144 Å². The number of phenols is 4. The van der Waals surface area contributed by atoms with E-state index >= 15 is 0 Å². The van der Waals surface area contributed by atoms with Crippen LogP contribution >= 0.6 is 0 Å². The number of hydrogen-bond acceptors (Lipinski definition) is 20. The minimum absolute atomic E-state index is 0.0962. The summed E-state index contributed by atoms with van der Waals surface area (Å²) in [6, 6.07) is 5.09. The minimum Gasteiger partial charge on any atom is -0.508 e. The van der Waals surface area contributed by atoms with Crippen LogP contribution < -0.4 is 10.2 Å². The van der Waals surface area contributed by atoms with Gasteiger partial charge in [-0.2, -0.15) is 0 Å². The highest BCUT2D eigenvalue weighted by molar-refractivity contribution is 5.88. The number of ether oxygens (including phenoxy) is 6. The summed E-state index contributed by atoms with van der Waals surface area (Å²) in [4.78, 5) is 14.0. The molecule has 3 saturated heterocycles. The molecule has 12 N–H and O–H groups in total. The van der Waals surface area contributed by atoms with Crippen LogP contribution in [0.15, 0.2) is 39.5 Å². The minimum atomic E-state index is -2.04. The van der Waals surface area contributed by atoms with Crippen molar-refractivity contribution in [3.8, 4) is 40.1 Å². The van der Waals surface area contributed by atoms with Gasteiger partial charge in [-0.25, -0.2) is 0 Å². The van der Waals surface area contributed by atoms with E-state index in [0.717, 1.165) is 24.3 Å². The Morgan fingerprint density at radius 3 is 1.91 bits per heavy atom. The molecule has 0 bridgehead atoms. The highest BCUT2D eigenvalue weighted by Crippen LogP contribution is 2.40. The van der Waals surface area contributed by atoms with Crippen molar-refractivity contribution in [2.45, 2.75) is 106 Å². The number of fused-ring (bicyclic) bond motifs is 1. The van der Waals surface area contributed by atoms with E-state index in [-0.39, 0.29) is 11.1 Å². The Morgan fingerprint density at radius 2 is 1.26 bits per heavy atom. The van der Waals surface area contributed by atoms with Gasteiger partial charge in [0.05, 0.1) is 18.8 Å². The van der Waals surface area contributed by atoms with Gasteiger partial charge in [-0.15, -0.1) is 0 Å². The number of aliphatic hydroxyl groups is 8. The summed E-state index contributed by atoms with van der Waals surface area (Å²) in [6.45, 7) is 2.05. The van der Waals surface area contributed by atoms with E-state index in [1.165, 1.54) is 19.9 Å². The number of hydrogen-bond donors (Lipinski definition) is 12. The van der Waals surface area contributed by atoms with Gasteiger partial charge < -0.3 is 94.1 Å². The number of rotatable bonds is 8. The molecule has 0 saturated carbocycles. The Labute approximate surface area is 298 Å². The predicted octanol–water partition coefficient (Wildman–Crippen LogP) is -2.84. The van der Waals surface area contributed by atoms with Crippen molar-refractivity contribution in [2.24, 2.45) is 0 Å². The summed E-state index contributed by atoms with van der Waals surface area (Å²) < 4.78 is 40.1. The van der Waals surface area contributed by atoms with Gasteiger partial charge in [-0.1, -0.05) is 0 Å². The molecule has 0 spiro atoms. The second kappa shape index (κ2) is 15.1. The van der Waals surface area contributed by atoms with Gasteiger partial charge in [0.25, 0.3) is 0 Å². The van der Waals surface area contributed by atoms with Crippen molar-refractivity contribution in [2.75, 3.05) is 6.61 Å². The first-order valence-electron chi connectivity index (χ1n) is 16.4. The second-order valence-corrected chi connectivity index (χ2v) is 13.1. The molecule has 0 radical (unpaired) electrons. The van der Waals surface area contributed by atoms with Gasteiger partial charge in [0.1, 0.15) is 77.4 Å². The smallest absolute Gasteiger partial charge is 0.239 e. The summed E-state index contributed by atoms with van der Waals surface area (Å²) >= 11 is 0. The monoisotopic (exact) mass is 756 g/mol. The molecular formula is C33H40O20. The normalized spacial score (nSPS) is 37.8. The quantitative estimate of drug-likeness (QED) is 0.103. The molecule has 1 aromatic heterocycles. The average Bonchev–Trinajstić information content (AvgIpc) is 3.11. The summed E-state index contributed by atoms with van der Waals surface area (Å²) in [7, 11) is 0. The molecule has 4 heterocycles. The molecule has 6 rings (SSSR count). The maximum atomic E-state index is 14.0. The van der Waals surface area contributed by atoms with Crippen LogP contribution in [-0.2, 0) is 23.7 Å². The van der Waals surface area contributed by atoms with Gasteiger partial charge in [0.2, 0.25) is 17.5 Å². The zero-order valence-corrected chi connectivity index (χ0v) is 27.9. The Kier molecular flexibility index (Phi) is 11.1. The molecule has 20 nitrogen and oxygen atoms in total. The Hall–Kier alpha value is -3.87. The Bertz CT molecular complexity index is 1830. The molecule has 15 atom stereocenters. The molecule has 53 heavy (non-hydrogen) atoms. The van der Waals surface area contributed by atoms with Crippen LogP contribution in [0.1, 0.15) is 13.8 Å². The van der Waals surface area contributed by atoms with Crippen LogP contribution in [0.5, 0.6) is 28.7 Å². The van der Waals surface area contributed by atoms with Crippen LogP contribution in [0.2, 0.25) is 0 Å². The zero-order chi connectivity index (χ0) is 38.6. The molecule has 20 heteroatoms. The maximum absolute atomic E-state index is 14.0. The van der Waals surface area contributed by atoms with Crippen LogP contribution in [0, 0.1) is 0 Å². The van der Waals surface area contributed by atoms with E-state index in [1.54, 1.807) is 0 Å². The topological polar surface area (TPSA) is 328 Å². The van der Waals surface area contributed by atoms with Crippen LogP contribution in [0.3, 0.4) is 0 Å². The molecule has 292 valence electrons. The van der Waals surface area contributed by atoms with E-state index in [0.29, 0.717) is 0 Å². The van der Waals surface area contributed by atoms with E-state index in [4.69, 9.17) is 32.8 Å². The SMILES string of the molecule is C[C@H]1O[C@H](OC[C@@H]2O[C@H](Oc3c(-c4ccc(O)c(O)c4)oc4cc(O)cc(O)c4c3=O)[C@@H](O[C@H]3O[C@H](C)[C@@H](O)[C@H](O)[C@@H]3O)[C@H](O)[C@@H]2O)[C@@H](O)[C@@H](O)[C@@H]1O. The third-order valence-electron chi connectivity index (χ3n) is 9.37. The lowest BCUT2D eigenvalue weighted by molar-refractivity contribution is -0.360. The van der Waals surface area contributed by atoms with Gasteiger partial charge >= 0.3 is 0 Å². The van der Waals surface area contributed by atoms with Gasteiger partial charge in [0.15, 0.2) is 35.9 Å². The Morgan fingerprint density at radius 1 is 0.642 bits per heavy atom. The maximum Gasteiger partial charge on any atom is 0.239 e. The lowest BCUT2D eigenvalue weighted by atomic mass is 9.97. The first kappa shape index (κ1) is 38.8. The van der Waals surface area contributed by atoms with Crippen molar-refractivity contribution in [1.82, 2.24) is 0 Å². The largest absolute Gasteiger partial charge is 0.508 e. The fourth-order valence-corrected chi connectivity index (χ4v) is 6.25. The molecule has 3 aromatic rings. The molecule has 2 aromatic carbocycles. The van der Waals surface area contributed by atoms with Crippen molar-refractivity contribution >= 4 is 11.0 Å². The third-order valence-corrected chi connectivity index (χ3v) is 9.37. The van der Waals surface area contributed by atoms with Gasteiger partial charge in [0, 0.05) is 17.7 Å². The standard InChI is InChI=1S/C33H40O20/c1-9-19(38)23(42)26(45)31(48-9)47-8-17-21(40)25(44)30(53-32-27(46)24(43)20(39)10(2)49-32)33(51-17)52-29-22(41)18-15(37)6-12(34)7-16(18)50-28(29)11-3-4-13(35)14(36)5-11/h3-7,9-10,17,19-21,23-27,30-40,42-46H,8H2,1-2H3/t9-,10-,17+,19-,20-,21-,23+,24+,25-,26+,27+,30+,31+,32-,33-/m1/s1. The second-order valence-electron chi connectivity index (χ2n) is 13.1.